The summed E-state index contributed by atoms with van der Waals surface area (Å²) in [4.78, 5) is 2.48. The van der Waals surface area contributed by atoms with Crippen molar-refractivity contribution >= 4 is 0 Å². The molecule has 0 aliphatic carbocycles. The average Bonchev–Trinajstić information content (AvgIpc) is 2.84. The second-order valence-corrected chi connectivity index (χ2v) is 7.89. The Labute approximate surface area is 185 Å². The van der Waals surface area contributed by atoms with Gasteiger partial charge in [-0.05, 0) is 48.2 Å². The summed E-state index contributed by atoms with van der Waals surface area (Å²) in [6.07, 6.45) is 2.15. The maximum absolute atomic E-state index is 6.20. The van der Waals surface area contributed by atoms with Gasteiger partial charge in [0.05, 0.1) is 13.2 Å². The fraction of sp³-hybridized carbons (Fsp3) is 0.333. The highest BCUT2D eigenvalue weighted by Crippen LogP contribution is 2.30. The highest BCUT2D eigenvalue weighted by atomic mass is 16.5. The zero-order chi connectivity index (χ0) is 21.1. The monoisotopic (exact) mass is 417 g/mol. The number of benzene rings is 3. The number of rotatable bonds is 10. The van der Waals surface area contributed by atoms with Crippen LogP contribution in [0.4, 0.5) is 0 Å². The van der Waals surface area contributed by atoms with E-state index in [1.807, 2.05) is 42.5 Å². The third-order valence-corrected chi connectivity index (χ3v) is 5.53. The first-order chi connectivity index (χ1) is 15.4. The topological polar surface area (TPSA) is 30.9 Å². The van der Waals surface area contributed by atoms with Gasteiger partial charge in [-0.2, -0.15) is 0 Å². The molecule has 4 heteroatoms. The van der Waals surface area contributed by atoms with Gasteiger partial charge in [0.1, 0.15) is 13.2 Å². The Morgan fingerprint density at radius 1 is 0.677 bits per heavy atom. The summed E-state index contributed by atoms with van der Waals surface area (Å²) in [7, 11) is 0. The molecule has 3 aromatic rings. The molecule has 0 aromatic heterocycles. The Bertz CT molecular complexity index is 908. The van der Waals surface area contributed by atoms with Crippen LogP contribution in [-0.4, -0.2) is 37.7 Å². The van der Waals surface area contributed by atoms with Crippen molar-refractivity contribution in [3.63, 3.8) is 0 Å². The van der Waals surface area contributed by atoms with E-state index in [0.717, 1.165) is 68.3 Å². The van der Waals surface area contributed by atoms with Gasteiger partial charge in [0, 0.05) is 13.1 Å². The Hall–Kier alpha value is -2.82. The molecule has 0 N–H and O–H groups in total. The lowest BCUT2D eigenvalue weighted by atomic mass is 10.1. The molecule has 0 unspecified atom stereocenters. The molecule has 0 amide bonds. The van der Waals surface area contributed by atoms with Gasteiger partial charge in [-0.25, -0.2) is 0 Å². The highest BCUT2D eigenvalue weighted by molar-refractivity contribution is 5.43. The molecule has 4 rings (SSSR count). The zero-order valence-corrected chi connectivity index (χ0v) is 18.0. The van der Waals surface area contributed by atoms with Crippen LogP contribution in [-0.2, 0) is 24.4 Å². The quantitative estimate of drug-likeness (QED) is 0.459. The lowest BCUT2D eigenvalue weighted by molar-refractivity contribution is 0.0374. The Kier molecular flexibility index (Phi) is 7.97. The number of hydrogen-bond acceptors (Lipinski definition) is 4. The maximum atomic E-state index is 6.20. The number of nitrogens with zero attached hydrogens (tertiary/aromatic N) is 1. The molecule has 1 aliphatic heterocycles. The van der Waals surface area contributed by atoms with Crippen LogP contribution in [0.15, 0.2) is 78.9 Å². The Balaban J connectivity index is 1.40. The molecule has 31 heavy (non-hydrogen) atoms. The smallest absolute Gasteiger partial charge is 0.161 e. The maximum Gasteiger partial charge on any atom is 0.161 e. The largest absolute Gasteiger partial charge is 0.485 e. The third kappa shape index (κ3) is 6.84. The van der Waals surface area contributed by atoms with Crippen molar-refractivity contribution in [1.82, 2.24) is 4.90 Å². The van der Waals surface area contributed by atoms with Crippen LogP contribution in [0.25, 0.3) is 0 Å². The number of morpholine rings is 1. The van der Waals surface area contributed by atoms with E-state index in [-0.39, 0.29) is 0 Å². The fourth-order valence-electron chi connectivity index (χ4n) is 3.74. The first-order valence-electron chi connectivity index (χ1n) is 11.1. The van der Waals surface area contributed by atoms with E-state index in [4.69, 9.17) is 14.2 Å². The summed E-state index contributed by atoms with van der Waals surface area (Å²) in [6, 6.07) is 26.8. The first-order valence-corrected chi connectivity index (χ1v) is 11.1. The summed E-state index contributed by atoms with van der Waals surface area (Å²) >= 11 is 0. The van der Waals surface area contributed by atoms with Gasteiger partial charge in [-0.1, -0.05) is 66.7 Å². The van der Waals surface area contributed by atoms with E-state index < -0.39 is 0 Å². The first kappa shape index (κ1) is 21.4. The molecular weight excluding hydrogens is 386 g/mol. The predicted molar refractivity (Wildman–Crippen MR) is 124 cm³/mol. The van der Waals surface area contributed by atoms with Crippen molar-refractivity contribution in [2.45, 2.75) is 26.1 Å². The molecule has 1 aliphatic rings. The van der Waals surface area contributed by atoms with Crippen molar-refractivity contribution in [3.05, 3.63) is 95.6 Å². The lowest BCUT2D eigenvalue weighted by Gasteiger charge is -2.26. The second kappa shape index (κ2) is 11.5. The molecule has 0 radical (unpaired) electrons. The van der Waals surface area contributed by atoms with E-state index in [1.165, 1.54) is 5.56 Å². The Morgan fingerprint density at radius 2 is 1.29 bits per heavy atom. The van der Waals surface area contributed by atoms with Gasteiger partial charge < -0.3 is 14.2 Å². The molecule has 0 bridgehead atoms. The minimum absolute atomic E-state index is 0.527. The predicted octanol–water partition coefficient (Wildman–Crippen LogP) is 5.11. The van der Waals surface area contributed by atoms with Crippen LogP contribution >= 0.6 is 0 Å². The molecule has 1 heterocycles. The van der Waals surface area contributed by atoms with Gasteiger partial charge in [0.25, 0.3) is 0 Å². The molecule has 0 saturated carbocycles. The summed E-state index contributed by atoms with van der Waals surface area (Å²) in [6.45, 7) is 5.94. The van der Waals surface area contributed by atoms with Crippen LogP contribution in [0.5, 0.6) is 11.5 Å². The van der Waals surface area contributed by atoms with Gasteiger partial charge in [-0.15, -0.1) is 0 Å². The SMILES string of the molecule is c1ccc(COc2ccc(CCCN3CCOCC3)cc2OCc2ccccc2)cc1. The van der Waals surface area contributed by atoms with Crippen molar-refractivity contribution in [1.29, 1.82) is 0 Å². The van der Waals surface area contributed by atoms with Crippen LogP contribution in [0.1, 0.15) is 23.1 Å². The normalized spacial score (nSPS) is 14.3. The molecule has 3 aromatic carbocycles. The summed E-state index contributed by atoms with van der Waals surface area (Å²) in [5.41, 5.74) is 3.57. The van der Waals surface area contributed by atoms with Crippen molar-refractivity contribution in [2.24, 2.45) is 0 Å². The second-order valence-electron chi connectivity index (χ2n) is 7.89. The van der Waals surface area contributed by atoms with E-state index in [0.29, 0.717) is 13.2 Å². The van der Waals surface area contributed by atoms with E-state index in [9.17, 15) is 0 Å². The zero-order valence-electron chi connectivity index (χ0n) is 18.0. The minimum Gasteiger partial charge on any atom is -0.485 e. The number of ether oxygens (including phenoxy) is 3. The van der Waals surface area contributed by atoms with Gasteiger partial charge in [0.2, 0.25) is 0 Å². The fourth-order valence-corrected chi connectivity index (χ4v) is 3.74. The lowest BCUT2D eigenvalue weighted by Crippen LogP contribution is -2.36. The Morgan fingerprint density at radius 3 is 1.94 bits per heavy atom. The summed E-state index contributed by atoms with van der Waals surface area (Å²) in [5.74, 6) is 1.60. The average molecular weight is 418 g/mol. The van der Waals surface area contributed by atoms with Crippen LogP contribution < -0.4 is 9.47 Å². The molecule has 162 valence electrons. The van der Waals surface area contributed by atoms with Crippen molar-refractivity contribution < 1.29 is 14.2 Å². The van der Waals surface area contributed by atoms with Gasteiger partial charge in [0.15, 0.2) is 11.5 Å². The minimum atomic E-state index is 0.527. The molecule has 1 saturated heterocycles. The van der Waals surface area contributed by atoms with Crippen LogP contribution in [0.2, 0.25) is 0 Å². The molecule has 0 atom stereocenters. The van der Waals surface area contributed by atoms with Crippen LogP contribution in [0.3, 0.4) is 0 Å². The van der Waals surface area contributed by atoms with Gasteiger partial charge in [-0.3, -0.25) is 4.90 Å². The summed E-state index contributed by atoms with van der Waals surface area (Å²) in [5, 5.41) is 0. The van der Waals surface area contributed by atoms with Crippen molar-refractivity contribution in [2.75, 3.05) is 32.8 Å². The molecule has 0 spiro atoms. The van der Waals surface area contributed by atoms with Crippen molar-refractivity contribution in [3.8, 4) is 11.5 Å². The van der Waals surface area contributed by atoms with E-state index in [1.54, 1.807) is 0 Å². The molecule has 1 fully saturated rings. The number of hydrogen-bond donors (Lipinski definition) is 0. The molecule has 4 nitrogen and oxygen atoms in total. The van der Waals surface area contributed by atoms with E-state index in [2.05, 4.69) is 41.3 Å². The molecular formula is C27H31NO3. The standard InChI is InChI=1S/C27H31NO3/c1-3-8-24(9-4-1)21-30-26-14-13-23(12-7-15-28-16-18-29-19-17-28)20-27(26)31-22-25-10-5-2-6-11-25/h1-6,8-11,13-14,20H,7,12,15-19,21-22H2. The van der Waals surface area contributed by atoms with Crippen LogP contribution in [0, 0.1) is 0 Å². The summed E-state index contributed by atoms with van der Waals surface area (Å²) < 4.78 is 17.8. The van der Waals surface area contributed by atoms with Gasteiger partial charge >= 0.3 is 0 Å². The third-order valence-electron chi connectivity index (χ3n) is 5.53. The number of aryl methyl sites for hydroxylation is 1. The van der Waals surface area contributed by atoms with E-state index >= 15 is 0 Å². The highest BCUT2D eigenvalue weighted by Gasteiger charge is 2.11.